The van der Waals surface area contributed by atoms with Crippen LogP contribution in [0.25, 0.3) is 0 Å². The van der Waals surface area contributed by atoms with E-state index in [0.717, 1.165) is 64.3 Å². The SMILES string of the molecule is C[C@@H](CCCNCCCS(=O)(=O)O)[C@H]1CC[C@@H]2[C@H]3[C@H](O)C[C@@H]4C[C@H](O)CC[C@]4(C)[C@@H]3C[C@H](O)[C@@]21C. The van der Waals surface area contributed by atoms with Gasteiger partial charge in [0.15, 0.2) is 0 Å². The van der Waals surface area contributed by atoms with Gasteiger partial charge in [-0.2, -0.15) is 8.42 Å². The molecule has 35 heavy (non-hydrogen) atoms. The molecular formula is C27H49NO6S. The molecule has 0 bridgehead atoms. The van der Waals surface area contributed by atoms with E-state index in [4.69, 9.17) is 4.55 Å². The molecule has 4 aliphatic rings. The Labute approximate surface area is 212 Å². The molecule has 4 rings (SSSR count). The summed E-state index contributed by atoms with van der Waals surface area (Å²) in [6.45, 7) is 8.38. The third-order valence-corrected chi connectivity index (χ3v) is 12.1. The Hall–Kier alpha value is -0.250. The quantitative estimate of drug-likeness (QED) is 0.236. The first-order valence-corrected chi connectivity index (χ1v) is 15.7. The molecular weight excluding hydrogens is 466 g/mol. The number of aliphatic hydroxyl groups excluding tert-OH is 3. The van der Waals surface area contributed by atoms with Gasteiger partial charge in [0.2, 0.25) is 0 Å². The van der Waals surface area contributed by atoms with Crippen LogP contribution in [0.4, 0.5) is 0 Å². The Morgan fingerprint density at radius 3 is 2.40 bits per heavy atom. The van der Waals surface area contributed by atoms with Crippen LogP contribution in [0.3, 0.4) is 0 Å². The van der Waals surface area contributed by atoms with Crippen molar-refractivity contribution in [3.8, 4) is 0 Å². The first-order chi connectivity index (χ1) is 16.4. The molecule has 0 radical (unpaired) electrons. The van der Waals surface area contributed by atoms with Crippen LogP contribution >= 0.6 is 0 Å². The van der Waals surface area contributed by atoms with Crippen LogP contribution in [-0.2, 0) is 10.1 Å². The van der Waals surface area contributed by atoms with Crippen molar-refractivity contribution >= 4 is 10.1 Å². The fourth-order valence-electron chi connectivity index (χ4n) is 9.39. The lowest BCUT2D eigenvalue weighted by Gasteiger charge is -2.63. The molecule has 4 saturated carbocycles. The summed E-state index contributed by atoms with van der Waals surface area (Å²) < 4.78 is 30.5. The van der Waals surface area contributed by atoms with Gasteiger partial charge in [0.25, 0.3) is 10.1 Å². The Bertz CT molecular complexity index is 838. The van der Waals surface area contributed by atoms with Gasteiger partial charge >= 0.3 is 0 Å². The van der Waals surface area contributed by atoms with Crippen molar-refractivity contribution in [3.05, 3.63) is 0 Å². The maximum atomic E-state index is 11.7. The van der Waals surface area contributed by atoms with Gasteiger partial charge in [-0.25, -0.2) is 0 Å². The predicted molar refractivity (Wildman–Crippen MR) is 136 cm³/mol. The predicted octanol–water partition coefficient (Wildman–Crippen LogP) is 3.23. The lowest BCUT2D eigenvalue weighted by atomic mass is 9.43. The Morgan fingerprint density at radius 2 is 1.69 bits per heavy atom. The fraction of sp³-hybridized carbons (Fsp3) is 1.00. The molecule has 0 aliphatic heterocycles. The van der Waals surface area contributed by atoms with Crippen molar-refractivity contribution in [3.63, 3.8) is 0 Å². The van der Waals surface area contributed by atoms with Crippen molar-refractivity contribution < 1.29 is 28.3 Å². The number of fused-ring (bicyclic) bond motifs is 5. The molecule has 7 nitrogen and oxygen atoms in total. The van der Waals surface area contributed by atoms with Gasteiger partial charge in [-0.3, -0.25) is 4.55 Å². The first-order valence-electron chi connectivity index (χ1n) is 14.1. The molecule has 0 aromatic rings. The van der Waals surface area contributed by atoms with E-state index in [2.05, 4.69) is 26.1 Å². The second-order valence-electron chi connectivity index (χ2n) is 13.0. The third kappa shape index (κ3) is 5.35. The van der Waals surface area contributed by atoms with Crippen LogP contribution in [0, 0.1) is 46.3 Å². The van der Waals surface area contributed by atoms with Crippen LogP contribution in [0.5, 0.6) is 0 Å². The van der Waals surface area contributed by atoms with Crippen molar-refractivity contribution in [2.45, 2.75) is 103 Å². The van der Waals surface area contributed by atoms with Crippen LogP contribution < -0.4 is 5.32 Å². The normalized spacial score (nSPS) is 46.5. The fourth-order valence-corrected chi connectivity index (χ4v) is 9.90. The van der Waals surface area contributed by atoms with Crippen molar-refractivity contribution in [1.82, 2.24) is 5.32 Å². The average Bonchev–Trinajstić information content (AvgIpc) is 3.13. The lowest BCUT2D eigenvalue weighted by Crippen LogP contribution is -2.62. The highest BCUT2D eigenvalue weighted by Gasteiger charge is 2.65. The van der Waals surface area contributed by atoms with E-state index in [9.17, 15) is 23.7 Å². The van der Waals surface area contributed by atoms with Crippen LogP contribution in [0.15, 0.2) is 0 Å². The minimum absolute atomic E-state index is 0.107. The molecule has 0 amide bonds. The molecule has 0 unspecified atom stereocenters. The second kappa shape index (κ2) is 10.5. The van der Waals surface area contributed by atoms with Gasteiger partial charge in [0, 0.05) is 0 Å². The zero-order valence-electron chi connectivity index (χ0n) is 21.9. The van der Waals surface area contributed by atoms with Gasteiger partial charge in [-0.05, 0) is 124 Å². The number of aliphatic hydroxyl groups is 3. The molecule has 204 valence electrons. The summed E-state index contributed by atoms with van der Waals surface area (Å²) in [4.78, 5) is 0. The molecule has 0 heterocycles. The molecule has 0 aromatic carbocycles. The number of hydrogen-bond donors (Lipinski definition) is 5. The zero-order chi connectivity index (χ0) is 25.6. The van der Waals surface area contributed by atoms with E-state index in [1.165, 1.54) is 0 Å². The maximum absolute atomic E-state index is 11.7. The van der Waals surface area contributed by atoms with Crippen molar-refractivity contribution in [1.29, 1.82) is 0 Å². The number of hydrogen-bond acceptors (Lipinski definition) is 6. The molecule has 4 fully saturated rings. The van der Waals surface area contributed by atoms with Crippen molar-refractivity contribution in [2.24, 2.45) is 46.3 Å². The summed E-state index contributed by atoms with van der Waals surface area (Å²) in [6, 6.07) is 0. The Morgan fingerprint density at radius 1 is 0.971 bits per heavy atom. The number of nitrogens with one attached hydrogen (secondary N) is 1. The van der Waals surface area contributed by atoms with Crippen LogP contribution in [0.2, 0.25) is 0 Å². The summed E-state index contributed by atoms with van der Waals surface area (Å²) in [5, 5.41) is 36.6. The maximum Gasteiger partial charge on any atom is 0.264 e. The molecule has 4 aliphatic carbocycles. The standard InChI is InChI=1S/C27H49NO6S/c1-17(6-4-11-28-12-5-13-35(32,33)34)20-7-8-21-25-22(16-24(31)27(20,21)3)26(2)10-9-19(29)14-18(26)15-23(25)30/h17-25,28-31H,4-16H2,1-3H3,(H,32,33,34)/t17-,18-,19+,20+,21+,22+,23+,24-,25+,26-,27+/m0/s1. The number of rotatable bonds is 9. The van der Waals surface area contributed by atoms with Gasteiger partial charge in [0.1, 0.15) is 0 Å². The smallest absolute Gasteiger partial charge is 0.264 e. The molecule has 0 saturated heterocycles. The van der Waals surface area contributed by atoms with Crippen molar-refractivity contribution in [2.75, 3.05) is 18.8 Å². The van der Waals surface area contributed by atoms with E-state index in [1.54, 1.807) is 0 Å². The van der Waals surface area contributed by atoms with Gasteiger partial charge in [-0.15, -0.1) is 0 Å². The summed E-state index contributed by atoms with van der Waals surface area (Å²) >= 11 is 0. The molecule has 5 N–H and O–H groups in total. The summed E-state index contributed by atoms with van der Waals surface area (Å²) in [7, 11) is -3.88. The summed E-state index contributed by atoms with van der Waals surface area (Å²) in [6.07, 6.45) is 7.92. The van der Waals surface area contributed by atoms with E-state index >= 15 is 0 Å². The highest BCUT2D eigenvalue weighted by Crippen LogP contribution is 2.68. The molecule has 0 aromatic heterocycles. The Balaban J connectivity index is 1.37. The molecule has 11 atom stereocenters. The minimum atomic E-state index is -3.88. The second-order valence-corrected chi connectivity index (χ2v) is 14.6. The zero-order valence-corrected chi connectivity index (χ0v) is 22.7. The van der Waals surface area contributed by atoms with Crippen LogP contribution in [0.1, 0.15) is 85.0 Å². The summed E-state index contributed by atoms with van der Waals surface area (Å²) in [5.74, 6) is 1.99. The molecule has 8 heteroatoms. The van der Waals surface area contributed by atoms with E-state index < -0.39 is 10.1 Å². The third-order valence-electron chi connectivity index (χ3n) is 11.3. The minimum Gasteiger partial charge on any atom is -0.393 e. The van der Waals surface area contributed by atoms with Crippen LogP contribution in [-0.4, -0.2) is 65.4 Å². The highest BCUT2D eigenvalue weighted by atomic mass is 32.2. The largest absolute Gasteiger partial charge is 0.393 e. The molecule has 0 spiro atoms. The first kappa shape index (κ1) is 27.8. The van der Waals surface area contributed by atoms with E-state index in [-0.39, 0.29) is 40.8 Å². The Kier molecular flexibility index (Phi) is 8.32. The topological polar surface area (TPSA) is 127 Å². The lowest BCUT2D eigenvalue weighted by molar-refractivity contribution is -0.207. The van der Waals surface area contributed by atoms with Gasteiger partial charge < -0.3 is 20.6 Å². The monoisotopic (exact) mass is 515 g/mol. The van der Waals surface area contributed by atoms with Gasteiger partial charge in [0.05, 0.1) is 24.1 Å². The average molecular weight is 516 g/mol. The van der Waals surface area contributed by atoms with E-state index in [0.29, 0.717) is 42.6 Å². The highest BCUT2D eigenvalue weighted by molar-refractivity contribution is 7.85. The van der Waals surface area contributed by atoms with E-state index in [1.807, 2.05) is 0 Å². The van der Waals surface area contributed by atoms with Gasteiger partial charge in [-0.1, -0.05) is 20.8 Å². The summed E-state index contributed by atoms with van der Waals surface area (Å²) in [5.41, 5.74) is -0.0575.